The topological polar surface area (TPSA) is 43.8 Å². The molecule has 0 aliphatic rings. The Labute approximate surface area is 125 Å². The predicted octanol–water partition coefficient (Wildman–Crippen LogP) is 3.94. The Morgan fingerprint density at radius 1 is 1.29 bits per heavy atom. The van der Waals surface area contributed by atoms with E-state index < -0.39 is 11.6 Å². The lowest BCUT2D eigenvalue weighted by atomic mass is 9.91. The van der Waals surface area contributed by atoms with Crippen molar-refractivity contribution in [2.45, 2.75) is 25.8 Å². The lowest BCUT2D eigenvalue weighted by Crippen LogP contribution is -2.24. The summed E-state index contributed by atoms with van der Waals surface area (Å²) in [6.45, 7) is 4.51. The number of hydrogen-bond donors (Lipinski definition) is 1. The van der Waals surface area contributed by atoms with E-state index in [0.717, 1.165) is 10.9 Å². The van der Waals surface area contributed by atoms with Crippen LogP contribution < -0.4 is 5.73 Å². The van der Waals surface area contributed by atoms with Crippen LogP contribution in [-0.2, 0) is 12.0 Å². The van der Waals surface area contributed by atoms with Crippen LogP contribution >= 0.6 is 11.3 Å². The Morgan fingerprint density at radius 2 is 2.05 bits per heavy atom. The molecule has 0 unspecified atom stereocenters. The highest BCUT2D eigenvalue weighted by molar-refractivity contribution is 7.10. The third-order valence-corrected chi connectivity index (χ3v) is 4.81. The number of halogens is 2. The number of imidazole rings is 1. The minimum Gasteiger partial charge on any atom is -0.369 e. The van der Waals surface area contributed by atoms with Crippen molar-refractivity contribution < 1.29 is 8.78 Å². The zero-order valence-corrected chi connectivity index (χ0v) is 12.5. The number of anilines is 1. The molecule has 0 radical (unpaired) electrons. The van der Waals surface area contributed by atoms with Crippen molar-refractivity contribution in [2.24, 2.45) is 0 Å². The fourth-order valence-electron chi connectivity index (χ4n) is 2.47. The van der Waals surface area contributed by atoms with Crippen molar-refractivity contribution in [3.05, 3.63) is 46.2 Å². The van der Waals surface area contributed by atoms with Gasteiger partial charge in [-0.3, -0.25) is 0 Å². The lowest BCUT2D eigenvalue weighted by molar-refractivity contribution is 0.446. The molecule has 0 bridgehead atoms. The Kier molecular flexibility index (Phi) is 3.20. The first-order chi connectivity index (χ1) is 9.90. The van der Waals surface area contributed by atoms with E-state index in [4.69, 9.17) is 5.73 Å². The second-order valence-electron chi connectivity index (χ2n) is 5.65. The number of nitrogens with zero attached hydrogens (tertiary/aromatic N) is 2. The van der Waals surface area contributed by atoms with Crippen molar-refractivity contribution in [2.75, 3.05) is 5.73 Å². The van der Waals surface area contributed by atoms with Crippen LogP contribution in [0.5, 0.6) is 0 Å². The van der Waals surface area contributed by atoms with Gasteiger partial charge in [0.25, 0.3) is 0 Å². The molecule has 0 amide bonds. The van der Waals surface area contributed by atoms with E-state index in [1.54, 1.807) is 15.9 Å². The van der Waals surface area contributed by atoms with Crippen LogP contribution in [0, 0.1) is 11.6 Å². The quantitative estimate of drug-likeness (QED) is 0.796. The highest BCUT2D eigenvalue weighted by Crippen LogP contribution is 2.32. The van der Waals surface area contributed by atoms with E-state index in [1.165, 1.54) is 6.07 Å². The van der Waals surface area contributed by atoms with Crippen molar-refractivity contribution in [3.8, 4) is 0 Å². The smallest absolute Gasteiger partial charge is 0.201 e. The Bertz CT molecular complexity index is 791. The molecule has 0 saturated heterocycles. The van der Waals surface area contributed by atoms with Gasteiger partial charge in [0.2, 0.25) is 5.95 Å². The molecule has 0 saturated carbocycles. The SMILES string of the molecule is CC(C)(Cn1c(N)nc2ccc(F)c(F)c21)c1cccs1. The molecule has 3 nitrogen and oxygen atoms in total. The highest BCUT2D eigenvalue weighted by Gasteiger charge is 2.26. The number of thiophene rings is 1. The molecule has 2 N–H and O–H groups in total. The van der Waals surface area contributed by atoms with E-state index in [0.29, 0.717) is 12.1 Å². The zero-order chi connectivity index (χ0) is 15.2. The van der Waals surface area contributed by atoms with Gasteiger partial charge in [-0.1, -0.05) is 19.9 Å². The van der Waals surface area contributed by atoms with Gasteiger partial charge in [0.1, 0.15) is 5.52 Å². The monoisotopic (exact) mass is 307 g/mol. The second-order valence-corrected chi connectivity index (χ2v) is 6.59. The third-order valence-electron chi connectivity index (χ3n) is 3.57. The fourth-order valence-corrected chi connectivity index (χ4v) is 3.32. The minimum absolute atomic E-state index is 0.122. The molecule has 3 rings (SSSR count). The van der Waals surface area contributed by atoms with E-state index in [9.17, 15) is 8.78 Å². The number of fused-ring (bicyclic) bond motifs is 1. The second kappa shape index (κ2) is 4.80. The highest BCUT2D eigenvalue weighted by atomic mass is 32.1. The number of aromatic nitrogens is 2. The molecule has 1 aromatic carbocycles. The summed E-state index contributed by atoms with van der Waals surface area (Å²) in [7, 11) is 0. The van der Waals surface area contributed by atoms with Gasteiger partial charge in [-0.15, -0.1) is 11.3 Å². The summed E-state index contributed by atoms with van der Waals surface area (Å²) >= 11 is 1.63. The van der Waals surface area contributed by atoms with Crippen LogP contribution in [-0.4, -0.2) is 9.55 Å². The van der Waals surface area contributed by atoms with Gasteiger partial charge in [-0.2, -0.15) is 0 Å². The molecule has 0 aliphatic carbocycles. The normalized spacial score (nSPS) is 12.2. The summed E-state index contributed by atoms with van der Waals surface area (Å²) in [4.78, 5) is 5.27. The average molecular weight is 307 g/mol. The van der Waals surface area contributed by atoms with Crippen molar-refractivity contribution in [1.82, 2.24) is 9.55 Å². The molecule has 21 heavy (non-hydrogen) atoms. The molecule has 0 atom stereocenters. The van der Waals surface area contributed by atoms with Crippen molar-refractivity contribution in [3.63, 3.8) is 0 Å². The first kappa shape index (κ1) is 14.0. The summed E-state index contributed by atoms with van der Waals surface area (Å²) in [6, 6.07) is 6.51. The summed E-state index contributed by atoms with van der Waals surface area (Å²) in [6.07, 6.45) is 0. The Balaban J connectivity index is 2.13. The number of benzene rings is 1. The summed E-state index contributed by atoms with van der Waals surface area (Å²) < 4.78 is 29.1. The van der Waals surface area contributed by atoms with Crippen LogP contribution in [0.2, 0.25) is 0 Å². The maximum absolute atomic E-state index is 14.1. The van der Waals surface area contributed by atoms with Gasteiger partial charge >= 0.3 is 0 Å². The molecule has 2 heterocycles. The van der Waals surface area contributed by atoms with Crippen LogP contribution in [0.3, 0.4) is 0 Å². The number of nitrogen functional groups attached to an aromatic ring is 1. The standard InChI is InChI=1S/C15H15F2N3S/c1-15(2,11-4-3-7-21-11)8-20-13-10(19-14(20)18)6-5-9(16)12(13)17/h3-7H,8H2,1-2H3,(H2,18,19). The zero-order valence-electron chi connectivity index (χ0n) is 11.7. The Morgan fingerprint density at radius 3 is 2.71 bits per heavy atom. The van der Waals surface area contributed by atoms with Crippen LogP contribution in [0.1, 0.15) is 18.7 Å². The first-order valence-electron chi connectivity index (χ1n) is 6.54. The van der Waals surface area contributed by atoms with E-state index in [-0.39, 0.29) is 16.9 Å². The fraction of sp³-hybridized carbons (Fsp3) is 0.267. The molecule has 0 fully saturated rings. The molecule has 6 heteroatoms. The largest absolute Gasteiger partial charge is 0.369 e. The summed E-state index contributed by atoms with van der Waals surface area (Å²) in [5, 5.41) is 1.99. The summed E-state index contributed by atoms with van der Waals surface area (Å²) in [5.41, 5.74) is 6.13. The van der Waals surface area contributed by atoms with Gasteiger partial charge in [0.05, 0.1) is 5.52 Å². The van der Waals surface area contributed by atoms with Gasteiger partial charge in [-0.25, -0.2) is 13.8 Å². The first-order valence-corrected chi connectivity index (χ1v) is 7.42. The van der Waals surface area contributed by atoms with Crippen molar-refractivity contribution in [1.29, 1.82) is 0 Å². The molecule has 0 spiro atoms. The van der Waals surface area contributed by atoms with Crippen LogP contribution in [0.25, 0.3) is 11.0 Å². The molecular weight excluding hydrogens is 292 g/mol. The van der Waals surface area contributed by atoms with E-state index in [1.807, 2.05) is 31.4 Å². The van der Waals surface area contributed by atoms with Gasteiger partial charge < -0.3 is 10.3 Å². The summed E-state index contributed by atoms with van der Waals surface area (Å²) in [5.74, 6) is -1.60. The maximum Gasteiger partial charge on any atom is 0.201 e. The van der Waals surface area contributed by atoms with Gasteiger partial charge in [-0.05, 0) is 23.6 Å². The molecule has 2 aromatic heterocycles. The third kappa shape index (κ3) is 2.29. The molecule has 110 valence electrons. The number of rotatable bonds is 3. The van der Waals surface area contributed by atoms with Crippen molar-refractivity contribution >= 4 is 28.3 Å². The Hall–Kier alpha value is -1.95. The predicted molar refractivity (Wildman–Crippen MR) is 81.4 cm³/mol. The van der Waals surface area contributed by atoms with E-state index >= 15 is 0 Å². The molecule has 0 aliphatic heterocycles. The van der Waals surface area contributed by atoms with E-state index in [2.05, 4.69) is 4.98 Å². The molecule has 3 aromatic rings. The van der Waals surface area contributed by atoms with Gasteiger partial charge in [0.15, 0.2) is 11.6 Å². The van der Waals surface area contributed by atoms with Crippen LogP contribution in [0.4, 0.5) is 14.7 Å². The molecular formula is C15H15F2N3S. The average Bonchev–Trinajstić information content (AvgIpc) is 3.04. The maximum atomic E-state index is 14.1. The van der Waals surface area contributed by atoms with Crippen LogP contribution in [0.15, 0.2) is 29.6 Å². The lowest BCUT2D eigenvalue weighted by Gasteiger charge is -2.24. The van der Waals surface area contributed by atoms with Gasteiger partial charge in [0, 0.05) is 16.8 Å². The number of hydrogen-bond acceptors (Lipinski definition) is 3. The minimum atomic E-state index is -0.904. The number of nitrogens with two attached hydrogens (primary N) is 1.